The van der Waals surface area contributed by atoms with Crippen molar-refractivity contribution in [2.45, 2.75) is 13.0 Å². The summed E-state index contributed by atoms with van der Waals surface area (Å²) in [6.45, 7) is 1.37. The molecule has 0 fully saturated rings. The first-order valence-corrected chi connectivity index (χ1v) is 10.4. The van der Waals surface area contributed by atoms with E-state index in [1.54, 1.807) is 42.5 Å². The third-order valence-electron chi connectivity index (χ3n) is 4.76. The number of carbonyl (C=O) groups excluding carboxylic acids is 1. The molecule has 1 atom stereocenters. The minimum absolute atomic E-state index is 0.229. The van der Waals surface area contributed by atoms with Crippen molar-refractivity contribution in [3.05, 3.63) is 77.9 Å². The van der Waals surface area contributed by atoms with Gasteiger partial charge in [-0.2, -0.15) is 0 Å². The Bertz CT molecular complexity index is 1320. The fourth-order valence-corrected chi connectivity index (χ4v) is 3.92. The van der Waals surface area contributed by atoms with Crippen LogP contribution in [-0.2, 0) is 4.79 Å². The molecule has 6 nitrogen and oxygen atoms in total. The van der Waals surface area contributed by atoms with Crippen molar-refractivity contribution in [1.29, 1.82) is 0 Å². The molecule has 1 amide bonds. The van der Waals surface area contributed by atoms with Gasteiger partial charge in [0.1, 0.15) is 17.7 Å². The zero-order chi connectivity index (χ0) is 22.8. The van der Waals surface area contributed by atoms with E-state index in [4.69, 9.17) is 5.11 Å². The molecule has 162 valence electrons. The van der Waals surface area contributed by atoms with Gasteiger partial charge in [-0.3, -0.25) is 9.59 Å². The van der Waals surface area contributed by atoms with E-state index >= 15 is 0 Å². The molecular weight excluding hydrogens is 436 g/mol. The molecule has 0 aliphatic heterocycles. The van der Waals surface area contributed by atoms with Crippen molar-refractivity contribution < 1.29 is 23.5 Å². The lowest BCUT2D eigenvalue weighted by molar-refractivity contribution is -0.138. The summed E-state index contributed by atoms with van der Waals surface area (Å²) in [7, 11) is 0. The zero-order valence-corrected chi connectivity index (χ0v) is 17.5. The Kier molecular flexibility index (Phi) is 5.83. The van der Waals surface area contributed by atoms with Crippen LogP contribution in [-0.4, -0.2) is 28.0 Å². The highest BCUT2D eigenvalue weighted by Crippen LogP contribution is 2.31. The van der Waals surface area contributed by atoms with E-state index in [0.29, 0.717) is 32.0 Å². The number of nitrogens with zero attached hydrogens (tertiary/aromatic N) is 1. The van der Waals surface area contributed by atoms with Crippen LogP contribution in [0.5, 0.6) is 0 Å². The minimum atomic E-state index is -1.13. The van der Waals surface area contributed by atoms with Crippen molar-refractivity contribution in [2.24, 2.45) is 0 Å². The number of hydrogen-bond acceptors (Lipinski definition) is 5. The molecule has 0 radical (unpaired) electrons. The summed E-state index contributed by atoms with van der Waals surface area (Å²) in [5, 5.41) is 14.6. The summed E-state index contributed by atoms with van der Waals surface area (Å²) in [5.74, 6) is -2.49. The molecule has 32 heavy (non-hydrogen) atoms. The second-order valence-electron chi connectivity index (χ2n) is 7.06. The second kappa shape index (κ2) is 8.72. The quantitative estimate of drug-likeness (QED) is 0.374. The first-order valence-electron chi connectivity index (χ1n) is 9.57. The number of rotatable bonds is 6. The number of nitrogens with one attached hydrogen (secondary N) is 2. The van der Waals surface area contributed by atoms with Gasteiger partial charge in [0, 0.05) is 5.56 Å². The lowest BCUT2D eigenvalue weighted by Crippen LogP contribution is -2.38. The van der Waals surface area contributed by atoms with Crippen molar-refractivity contribution >= 4 is 44.2 Å². The van der Waals surface area contributed by atoms with Gasteiger partial charge in [0.05, 0.1) is 15.9 Å². The van der Waals surface area contributed by atoms with E-state index in [-0.39, 0.29) is 11.5 Å². The van der Waals surface area contributed by atoms with Crippen LogP contribution >= 0.6 is 11.3 Å². The second-order valence-corrected chi connectivity index (χ2v) is 8.09. The first-order chi connectivity index (χ1) is 15.3. The van der Waals surface area contributed by atoms with Crippen LogP contribution in [0.15, 0.2) is 60.7 Å². The Morgan fingerprint density at radius 1 is 1.00 bits per heavy atom. The largest absolute Gasteiger partial charge is 0.480 e. The van der Waals surface area contributed by atoms with Crippen LogP contribution in [0.4, 0.5) is 19.6 Å². The number of carboxylic acid groups (broad SMARTS) is 1. The summed E-state index contributed by atoms with van der Waals surface area (Å²) in [6.07, 6.45) is 0. The van der Waals surface area contributed by atoms with Crippen molar-refractivity contribution in [2.75, 3.05) is 5.32 Å². The number of benzene rings is 3. The fourth-order valence-electron chi connectivity index (χ4n) is 3.02. The van der Waals surface area contributed by atoms with Gasteiger partial charge in [0.25, 0.3) is 5.91 Å². The van der Waals surface area contributed by atoms with Crippen LogP contribution < -0.4 is 10.6 Å². The molecule has 0 bridgehead atoms. The normalized spacial score (nSPS) is 11.8. The molecule has 0 aliphatic rings. The Labute approximate surface area is 185 Å². The smallest absolute Gasteiger partial charge is 0.325 e. The lowest BCUT2D eigenvalue weighted by atomic mass is 10.0. The summed E-state index contributed by atoms with van der Waals surface area (Å²) in [5.41, 5.74) is 2.44. The maximum atomic E-state index is 14.7. The standard InChI is InChI=1S/C23H17F2N3O3S/c1-12(22(30)31)26-21(29)14-4-2-13(3-5-14)15-6-8-18(17(25)10-15)27-23-28-19-9-7-16(24)11-20(19)32-23/h2-12H,1H3,(H,26,29)(H,27,28)(H,30,31)/t12-/m0/s1. The average Bonchev–Trinajstić information content (AvgIpc) is 3.16. The highest BCUT2D eigenvalue weighted by Gasteiger charge is 2.15. The molecule has 0 aliphatic carbocycles. The number of amides is 1. The summed E-state index contributed by atoms with van der Waals surface area (Å²) >= 11 is 1.22. The van der Waals surface area contributed by atoms with Crippen molar-refractivity contribution in [3.63, 3.8) is 0 Å². The Balaban J connectivity index is 1.50. The first kappa shape index (κ1) is 21.4. The summed E-state index contributed by atoms with van der Waals surface area (Å²) < 4.78 is 28.7. The molecule has 4 rings (SSSR count). The van der Waals surface area contributed by atoms with E-state index in [9.17, 15) is 18.4 Å². The van der Waals surface area contributed by atoms with Crippen LogP contribution in [0.25, 0.3) is 21.3 Å². The number of aliphatic carboxylic acids is 1. The third kappa shape index (κ3) is 4.57. The predicted molar refractivity (Wildman–Crippen MR) is 119 cm³/mol. The van der Waals surface area contributed by atoms with Crippen LogP contribution in [0.2, 0.25) is 0 Å². The Morgan fingerprint density at radius 2 is 1.72 bits per heavy atom. The van der Waals surface area contributed by atoms with Crippen molar-refractivity contribution in [1.82, 2.24) is 10.3 Å². The molecule has 0 saturated heterocycles. The number of fused-ring (bicyclic) bond motifs is 1. The van der Waals surface area contributed by atoms with Gasteiger partial charge < -0.3 is 15.7 Å². The maximum Gasteiger partial charge on any atom is 0.325 e. The number of aromatic nitrogens is 1. The number of hydrogen-bond donors (Lipinski definition) is 3. The Morgan fingerprint density at radius 3 is 2.41 bits per heavy atom. The number of carboxylic acids is 1. The van der Waals surface area contributed by atoms with E-state index in [0.717, 1.165) is 0 Å². The molecule has 9 heteroatoms. The fraction of sp³-hybridized carbons (Fsp3) is 0.0870. The molecule has 1 heterocycles. The average molecular weight is 453 g/mol. The van der Waals surface area contributed by atoms with Crippen LogP contribution in [0.3, 0.4) is 0 Å². The highest BCUT2D eigenvalue weighted by molar-refractivity contribution is 7.22. The molecule has 3 N–H and O–H groups in total. The van der Waals surface area contributed by atoms with Crippen LogP contribution in [0.1, 0.15) is 17.3 Å². The van der Waals surface area contributed by atoms with Gasteiger partial charge in [0.2, 0.25) is 0 Å². The SMILES string of the molecule is C[C@H](NC(=O)c1ccc(-c2ccc(Nc3nc4ccc(F)cc4s3)c(F)c2)cc1)C(=O)O. The predicted octanol–water partition coefficient (Wildman–Crippen LogP) is 5.19. The van der Waals surface area contributed by atoms with E-state index in [1.807, 2.05) is 0 Å². The lowest BCUT2D eigenvalue weighted by Gasteiger charge is -2.10. The third-order valence-corrected chi connectivity index (χ3v) is 5.69. The number of halogens is 2. The molecule has 4 aromatic rings. The van der Waals surface area contributed by atoms with Gasteiger partial charge in [-0.15, -0.1) is 0 Å². The van der Waals surface area contributed by atoms with Gasteiger partial charge in [-0.1, -0.05) is 29.5 Å². The molecule has 0 saturated carbocycles. The van der Waals surface area contributed by atoms with E-state index in [2.05, 4.69) is 15.6 Å². The molecule has 3 aromatic carbocycles. The molecule has 1 aromatic heterocycles. The summed E-state index contributed by atoms with van der Waals surface area (Å²) in [4.78, 5) is 27.3. The molecular formula is C23H17F2N3O3S. The number of anilines is 2. The van der Waals surface area contributed by atoms with Crippen molar-refractivity contribution in [3.8, 4) is 11.1 Å². The highest BCUT2D eigenvalue weighted by atomic mass is 32.1. The monoisotopic (exact) mass is 453 g/mol. The maximum absolute atomic E-state index is 14.7. The Hall–Kier alpha value is -3.85. The van der Waals surface area contributed by atoms with Gasteiger partial charge in [-0.25, -0.2) is 13.8 Å². The zero-order valence-electron chi connectivity index (χ0n) is 16.7. The van der Waals surface area contributed by atoms with E-state index in [1.165, 1.54) is 36.5 Å². The minimum Gasteiger partial charge on any atom is -0.480 e. The van der Waals surface area contributed by atoms with Crippen LogP contribution in [0, 0.1) is 11.6 Å². The van der Waals surface area contributed by atoms with E-state index < -0.39 is 23.7 Å². The van der Waals surface area contributed by atoms with Gasteiger partial charge in [-0.05, 0) is 60.5 Å². The summed E-state index contributed by atoms with van der Waals surface area (Å²) in [6, 6.07) is 14.3. The topological polar surface area (TPSA) is 91.3 Å². The number of carbonyl (C=O) groups is 2. The number of thiazole rings is 1. The molecule has 0 unspecified atom stereocenters. The van der Waals surface area contributed by atoms with Gasteiger partial charge >= 0.3 is 5.97 Å². The van der Waals surface area contributed by atoms with Gasteiger partial charge in [0.15, 0.2) is 5.13 Å². The molecule has 0 spiro atoms.